The minimum atomic E-state index is -1.01. The van der Waals surface area contributed by atoms with E-state index < -0.39 is 23.0 Å². The van der Waals surface area contributed by atoms with Crippen molar-refractivity contribution in [2.45, 2.75) is 32.3 Å². The van der Waals surface area contributed by atoms with E-state index in [1.807, 2.05) is 37.3 Å². The number of benzene rings is 2. The van der Waals surface area contributed by atoms with Crippen LogP contribution in [-0.2, 0) is 0 Å². The lowest BCUT2D eigenvalue weighted by Crippen LogP contribution is -2.25. The molecule has 0 radical (unpaired) electrons. The molecule has 0 fully saturated rings. The van der Waals surface area contributed by atoms with Crippen molar-refractivity contribution in [1.29, 1.82) is 0 Å². The average Bonchev–Trinajstić information content (AvgIpc) is 2.92. The molecule has 1 unspecified atom stereocenters. The number of aliphatic hydroxyl groups is 1. The summed E-state index contributed by atoms with van der Waals surface area (Å²) in [6.07, 6.45) is 2.67. The Balaban J connectivity index is 2.04. The second-order valence-electron chi connectivity index (χ2n) is 7.53. The number of aromatic hydroxyl groups is 1. The number of hydrogen-bond acceptors (Lipinski definition) is 2. The fourth-order valence-electron chi connectivity index (χ4n) is 4.22. The lowest BCUT2D eigenvalue weighted by Gasteiger charge is -2.28. The number of fused-ring (bicyclic) bond motifs is 1. The first-order chi connectivity index (χ1) is 12.8. The van der Waals surface area contributed by atoms with Gasteiger partial charge >= 0.3 is 0 Å². The Morgan fingerprint density at radius 1 is 1.00 bits per heavy atom. The molecule has 0 amide bonds. The molecule has 4 rings (SSSR count). The molecule has 2 aromatic carbocycles. The van der Waals surface area contributed by atoms with E-state index in [0.29, 0.717) is 18.4 Å². The molecule has 2 N–H and O–H groups in total. The van der Waals surface area contributed by atoms with Crippen LogP contribution < -0.4 is 0 Å². The third-order valence-corrected chi connectivity index (χ3v) is 5.23. The highest BCUT2D eigenvalue weighted by atomic mass is 19.1. The van der Waals surface area contributed by atoms with Crippen molar-refractivity contribution in [3.63, 3.8) is 0 Å². The van der Waals surface area contributed by atoms with Crippen molar-refractivity contribution in [3.05, 3.63) is 88.0 Å². The first-order valence-corrected chi connectivity index (χ1v) is 8.88. The van der Waals surface area contributed by atoms with E-state index in [1.54, 1.807) is 13.0 Å². The molecule has 0 spiro atoms. The van der Waals surface area contributed by atoms with E-state index in [2.05, 4.69) is 0 Å². The predicted molar refractivity (Wildman–Crippen MR) is 102 cm³/mol. The molecule has 4 heteroatoms. The zero-order chi connectivity index (χ0) is 19.3. The Bertz CT molecular complexity index is 1000. The van der Waals surface area contributed by atoms with E-state index in [0.717, 1.165) is 40.0 Å². The maximum Gasteiger partial charge on any atom is 0.137 e. The Morgan fingerprint density at radius 2 is 1.63 bits per heavy atom. The number of allylic oxidation sites excluding steroid dienone is 4. The van der Waals surface area contributed by atoms with Gasteiger partial charge in [0.2, 0.25) is 0 Å². The second kappa shape index (κ2) is 6.17. The summed E-state index contributed by atoms with van der Waals surface area (Å²) in [5.74, 6) is -2.02. The first kappa shape index (κ1) is 17.7. The van der Waals surface area contributed by atoms with Crippen LogP contribution in [-0.4, -0.2) is 15.8 Å². The van der Waals surface area contributed by atoms with Gasteiger partial charge in [0.15, 0.2) is 0 Å². The van der Waals surface area contributed by atoms with Crippen LogP contribution >= 0.6 is 0 Å². The van der Waals surface area contributed by atoms with Crippen molar-refractivity contribution in [3.8, 4) is 5.75 Å². The molecule has 0 heterocycles. The van der Waals surface area contributed by atoms with Gasteiger partial charge in [-0.3, -0.25) is 0 Å². The molecular weight excluding hydrogens is 346 g/mol. The Hall–Kier alpha value is -2.72. The quantitative estimate of drug-likeness (QED) is 0.749. The summed E-state index contributed by atoms with van der Waals surface area (Å²) in [7, 11) is 0. The normalized spacial score (nSPS) is 22.2. The molecule has 138 valence electrons. The molecule has 0 aromatic heterocycles. The third-order valence-electron chi connectivity index (χ3n) is 5.23. The number of phenols is 1. The molecule has 0 aliphatic heterocycles. The maximum absolute atomic E-state index is 14.7. The van der Waals surface area contributed by atoms with Crippen molar-refractivity contribution in [2.75, 3.05) is 0 Å². The van der Waals surface area contributed by atoms with Gasteiger partial charge in [-0.15, -0.1) is 0 Å². The van der Waals surface area contributed by atoms with Gasteiger partial charge in [0, 0.05) is 18.6 Å². The van der Waals surface area contributed by atoms with E-state index in [1.165, 1.54) is 0 Å². The minimum absolute atomic E-state index is 0.123. The highest BCUT2D eigenvalue weighted by Gasteiger charge is 2.36. The van der Waals surface area contributed by atoms with Gasteiger partial charge in [0.25, 0.3) is 0 Å². The van der Waals surface area contributed by atoms with Gasteiger partial charge < -0.3 is 10.2 Å². The second-order valence-corrected chi connectivity index (χ2v) is 7.53. The van der Waals surface area contributed by atoms with Gasteiger partial charge in [-0.1, -0.05) is 35.9 Å². The smallest absolute Gasteiger partial charge is 0.137 e. The predicted octanol–water partition coefficient (Wildman–Crippen LogP) is 5.38. The summed E-state index contributed by atoms with van der Waals surface area (Å²) in [5.41, 5.74) is 3.82. The fraction of sp³-hybridized carbons (Fsp3) is 0.217. The zero-order valence-electron chi connectivity index (χ0n) is 15.2. The SMILES string of the molecule is CC1=C2CC(c3c(F)cc(O)cc3F)=C(c3ccccc3)C2=CC(C)(O)C1. The van der Waals surface area contributed by atoms with E-state index in [4.69, 9.17) is 0 Å². The van der Waals surface area contributed by atoms with Crippen molar-refractivity contribution in [2.24, 2.45) is 0 Å². The zero-order valence-corrected chi connectivity index (χ0v) is 15.2. The summed E-state index contributed by atoms with van der Waals surface area (Å²) in [5, 5.41) is 20.2. The molecule has 0 saturated heterocycles. The summed E-state index contributed by atoms with van der Waals surface area (Å²) in [4.78, 5) is 0. The van der Waals surface area contributed by atoms with Gasteiger partial charge in [-0.2, -0.15) is 0 Å². The summed E-state index contributed by atoms with van der Waals surface area (Å²) in [6, 6.07) is 11.3. The largest absolute Gasteiger partial charge is 0.508 e. The fourth-order valence-corrected chi connectivity index (χ4v) is 4.22. The maximum atomic E-state index is 14.7. The van der Waals surface area contributed by atoms with Crippen LogP contribution in [0.2, 0.25) is 0 Å². The van der Waals surface area contributed by atoms with Crippen LogP contribution in [0.1, 0.15) is 37.8 Å². The number of rotatable bonds is 2. The Kier molecular flexibility index (Phi) is 4.04. The molecule has 27 heavy (non-hydrogen) atoms. The molecule has 0 saturated carbocycles. The average molecular weight is 366 g/mol. The standard InChI is InChI=1S/C23H20F2O2/c1-13-11-23(2,27)12-18-16(13)10-17(21(18)14-6-4-3-5-7-14)22-19(24)8-15(26)9-20(22)25/h3-9,12,26-27H,10-11H2,1-2H3. The summed E-state index contributed by atoms with van der Waals surface area (Å²) in [6.45, 7) is 3.69. The van der Waals surface area contributed by atoms with Gasteiger partial charge in [-0.05, 0) is 54.2 Å². The lowest BCUT2D eigenvalue weighted by molar-refractivity contribution is 0.110. The molecule has 2 aliphatic rings. The molecule has 0 bridgehead atoms. The molecule has 1 atom stereocenters. The topological polar surface area (TPSA) is 40.5 Å². The van der Waals surface area contributed by atoms with Crippen molar-refractivity contribution < 1.29 is 19.0 Å². The molecule has 2 aromatic rings. The van der Waals surface area contributed by atoms with Gasteiger partial charge in [0.05, 0.1) is 11.2 Å². The Morgan fingerprint density at radius 3 is 2.26 bits per heavy atom. The highest BCUT2D eigenvalue weighted by Crippen LogP contribution is 2.52. The Labute approximate surface area is 156 Å². The summed E-state index contributed by atoms with van der Waals surface area (Å²) >= 11 is 0. The minimum Gasteiger partial charge on any atom is -0.508 e. The highest BCUT2D eigenvalue weighted by molar-refractivity contribution is 6.06. The molecule has 2 nitrogen and oxygen atoms in total. The number of phenolic OH excluding ortho intramolecular Hbond substituents is 1. The van der Waals surface area contributed by atoms with Gasteiger partial charge in [-0.25, -0.2) is 8.78 Å². The number of halogens is 2. The van der Waals surface area contributed by atoms with Crippen LogP contribution in [0.5, 0.6) is 5.75 Å². The van der Waals surface area contributed by atoms with E-state index in [9.17, 15) is 19.0 Å². The third kappa shape index (κ3) is 3.00. The van der Waals surface area contributed by atoms with Crippen molar-refractivity contribution in [1.82, 2.24) is 0 Å². The monoisotopic (exact) mass is 366 g/mol. The van der Waals surface area contributed by atoms with Crippen LogP contribution in [0.3, 0.4) is 0 Å². The van der Waals surface area contributed by atoms with Crippen molar-refractivity contribution >= 4 is 11.1 Å². The lowest BCUT2D eigenvalue weighted by atomic mass is 9.82. The summed E-state index contributed by atoms with van der Waals surface area (Å²) < 4.78 is 29.3. The first-order valence-electron chi connectivity index (χ1n) is 8.88. The van der Waals surface area contributed by atoms with Crippen LogP contribution in [0.15, 0.2) is 65.3 Å². The van der Waals surface area contributed by atoms with Crippen LogP contribution in [0.25, 0.3) is 11.1 Å². The molecular formula is C23H20F2O2. The van der Waals surface area contributed by atoms with Crippen LogP contribution in [0.4, 0.5) is 8.78 Å². The van der Waals surface area contributed by atoms with Crippen LogP contribution in [0, 0.1) is 11.6 Å². The van der Waals surface area contributed by atoms with Gasteiger partial charge in [0.1, 0.15) is 17.4 Å². The molecule has 2 aliphatic carbocycles. The number of hydrogen-bond donors (Lipinski definition) is 2. The van der Waals surface area contributed by atoms with E-state index >= 15 is 0 Å². The van der Waals surface area contributed by atoms with E-state index in [-0.39, 0.29) is 5.56 Å².